The number of Topliss-reactive ketones (excluding diaryl/α,β-unsaturated/α-hetero) is 1. The molecule has 0 N–H and O–H groups in total. The van der Waals surface area contributed by atoms with E-state index in [9.17, 15) is 4.79 Å². The van der Waals surface area contributed by atoms with Crippen LogP contribution in [0.3, 0.4) is 0 Å². The van der Waals surface area contributed by atoms with E-state index in [-0.39, 0.29) is 5.78 Å². The SMILES string of the molecule is COc1ccc2c(c1)CCCC(=C1CCCCC1)C2=O. The Bertz CT molecular complexity index is 547. The maximum absolute atomic E-state index is 12.8. The van der Waals surface area contributed by atoms with Crippen molar-refractivity contribution in [2.75, 3.05) is 7.11 Å². The number of methoxy groups -OCH3 is 1. The van der Waals surface area contributed by atoms with Gasteiger partial charge in [0.05, 0.1) is 7.11 Å². The number of hydrogen-bond donors (Lipinski definition) is 0. The Hall–Kier alpha value is -1.57. The van der Waals surface area contributed by atoms with Gasteiger partial charge in [0, 0.05) is 5.56 Å². The van der Waals surface area contributed by atoms with Gasteiger partial charge in [-0.05, 0) is 74.3 Å². The molecule has 20 heavy (non-hydrogen) atoms. The first-order valence-electron chi connectivity index (χ1n) is 7.72. The van der Waals surface area contributed by atoms with Crippen molar-refractivity contribution in [3.8, 4) is 5.75 Å². The van der Waals surface area contributed by atoms with Gasteiger partial charge in [-0.2, -0.15) is 0 Å². The predicted molar refractivity (Wildman–Crippen MR) is 80.4 cm³/mol. The van der Waals surface area contributed by atoms with Crippen LogP contribution in [0.15, 0.2) is 29.3 Å². The Labute approximate surface area is 120 Å². The second-order valence-electron chi connectivity index (χ2n) is 5.85. The lowest BCUT2D eigenvalue weighted by Gasteiger charge is -2.18. The molecule has 0 aliphatic heterocycles. The zero-order chi connectivity index (χ0) is 13.9. The summed E-state index contributed by atoms with van der Waals surface area (Å²) in [6.07, 6.45) is 9.09. The highest BCUT2D eigenvalue weighted by molar-refractivity contribution is 6.10. The Kier molecular flexibility index (Phi) is 3.90. The maximum Gasteiger partial charge on any atom is 0.189 e. The van der Waals surface area contributed by atoms with E-state index in [4.69, 9.17) is 4.74 Å². The van der Waals surface area contributed by atoms with Gasteiger partial charge in [0.25, 0.3) is 0 Å². The molecule has 0 heterocycles. The van der Waals surface area contributed by atoms with Crippen molar-refractivity contribution in [3.05, 3.63) is 40.5 Å². The van der Waals surface area contributed by atoms with Gasteiger partial charge < -0.3 is 4.74 Å². The molecular formula is C18H22O2. The molecule has 1 aromatic carbocycles. The summed E-state index contributed by atoms with van der Waals surface area (Å²) in [5.41, 5.74) is 4.61. The molecule has 0 spiro atoms. The number of fused-ring (bicyclic) bond motifs is 1. The lowest BCUT2D eigenvalue weighted by Crippen LogP contribution is -2.09. The Balaban J connectivity index is 1.99. The van der Waals surface area contributed by atoms with Crippen LogP contribution in [0.25, 0.3) is 0 Å². The second-order valence-corrected chi connectivity index (χ2v) is 5.85. The van der Waals surface area contributed by atoms with Crippen molar-refractivity contribution in [1.82, 2.24) is 0 Å². The number of ether oxygens (including phenoxy) is 1. The highest BCUT2D eigenvalue weighted by Crippen LogP contribution is 2.33. The number of ketones is 1. The average molecular weight is 270 g/mol. The van der Waals surface area contributed by atoms with Crippen molar-refractivity contribution in [2.45, 2.75) is 51.4 Å². The number of carbonyl (C=O) groups is 1. The number of allylic oxidation sites excluding steroid dienone is 2. The van der Waals surface area contributed by atoms with E-state index in [1.54, 1.807) is 7.11 Å². The first kappa shape index (κ1) is 13.4. The van der Waals surface area contributed by atoms with Crippen LogP contribution >= 0.6 is 0 Å². The summed E-state index contributed by atoms with van der Waals surface area (Å²) in [5.74, 6) is 1.13. The van der Waals surface area contributed by atoms with E-state index >= 15 is 0 Å². The van der Waals surface area contributed by atoms with E-state index in [0.717, 1.165) is 54.6 Å². The van der Waals surface area contributed by atoms with Crippen molar-refractivity contribution in [2.24, 2.45) is 0 Å². The van der Waals surface area contributed by atoms with Gasteiger partial charge in [-0.25, -0.2) is 0 Å². The zero-order valence-electron chi connectivity index (χ0n) is 12.2. The van der Waals surface area contributed by atoms with Crippen LogP contribution < -0.4 is 4.74 Å². The van der Waals surface area contributed by atoms with Crippen LogP contribution in [-0.4, -0.2) is 12.9 Å². The van der Waals surface area contributed by atoms with E-state index in [1.165, 1.54) is 24.8 Å². The maximum atomic E-state index is 12.8. The molecule has 0 radical (unpaired) electrons. The van der Waals surface area contributed by atoms with Gasteiger partial charge in [0.15, 0.2) is 5.78 Å². The molecule has 0 atom stereocenters. The molecule has 2 aliphatic carbocycles. The molecule has 2 aliphatic rings. The van der Waals surface area contributed by atoms with Crippen LogP contribution in [0.1, 0.15) is 60.9 Å². The third-order valence-electron chi connectivity index (χ3n) is 4.59. The normalized spacial score (nSPS) is 19.6. The second kappa shape index (κ2) is 5.82. The predicted octanol–water partition coefficient (Wildman–Crippen LogP) is 4.47. The minimum Gasteiger partial charge on any atom is -0.497 e. The number of benzene rings is 1. The number of rotatable bonds is 1. The number of hydrogen-bond acceptors (Lipinski definition) is 2. The molecule has 0 bridgehead atoms. The molecule has 2 nitrogen and oxygen atoms in total. The van der Waals surface area contributed by atoms with Crippen LogP contribution in [0.4, 0.5) is 0 Å². The van der Waals surface area contributed by atoms with E-state index in [1.807, 2.05) is 18.2 Å². The Morgan fingerprint density at radius 2 is 1.75 bits per heavy atom. The lowest BCUT2D eigenvalue weighted by molar-refractivity contribution is 0.103. The summed E-state index contributed by atoms with van der Waals surface area (Å²) < 4.78 is 5.28. The lowest BCUT2D eigenvalue weighted by atomic mass is 9.87. The molecule has 3 rings (SSSR count). The topological polar surface area (TPSA) is 26.3 Å². The van der Waals surface area contributed by atoms with Gasteiger partial charge in [-0.1, -0.05) is 12.0 Å². The summed E-state index contributed by atoms with van der Waals surface area (Å²) >= 11 is 0. The highest BCUT2D eigenvalue weighted by atomic mass is 16.5. The van der Waals surface area contributed by atoms with Crippen molar-refractivity contribution < 1.29 is 9.53 Å². The summed E-state index contributed by atoms with van der Waals surface area (Å²) in [7, 11) is 1.68. The van der Waals surface area contributed by atoms with Crippen molar-refractivity contribution in [1.29, 1.82) is 0 Å². The first-order valence-corrected chi connectivity index (χ1v) is 7.72. The molecule has 106 valence electrons. The highest BCUT2D eigenvalue weighted by Gasteiger charge is 2.23. The van der Waals surface area contributed by atoms with Gasteiger partial charge in [-0.3, -0.25) is 4.79 Å². The summed E-state index contributed by atoms with van der Waals surface area (Å²) in [6, 6.07) is 5.89. The fraction of sp³-hybridized carbons (Fsp3) is 0.500. The molecule has 1 fully saturated rings. The fourth-order valence-corrected chi connectivity index (χ4v) is 3.47. The van der Waals surface area contributed by atoms with E-state index < -0.39 is 0 Å². The van der Waals surface area contributed by atoms with Gasteiger partial charge in [-0.15, -0.1) is 0 Å². The summed E-state index contributed by atoms with van der Waals surface area (Å²) in [4.78, 5) is 12.8. The minimum absolute atomic E-state index is 0.275. The standard InChI is InChI=1S/C18H22O2/c1-20-15-10-11-17-14(12-15)8-5-9-16(18(17)19)13-6-3-2-4-7-13/h10-12H,2-9H2,1H3. The Morgan fingerprint density at radius 3 is 2.50 bits per heavy atom. The third kappa shape index (κ3) is 2.52. The van der Waals surface area contributed by atoms with Crippen LogP contribution in [-0.2, 0) is 6.42 Å². The fourth-order valence-electron chi connectivity index (χ4n) is 3.47. The molecule has 0 amide bonds. The molecule has 2 heteroatoms. The smallest absolute Gasteiger partial charge is 0.189 e. The monoisotopic (exact) mass is 270 g/mol. The molecule has 0 aromatic heterocycles. The Morgan fingerprint density at radius 1 is 0.950 bits per heavy atom. The summed E-state index contributed by atoms with van der Waals surface area (Å²) in [5, 5.41) is 0. The largest absolute Gasteiger partial charge is 0.497 e. The van der Waals surface area contributed by atoms with Crippen LogP contribution in [0.5, 0.6) is 5.75 Å². The molecule has 0 saturated heterocycles. The molecule has 1 aromatic rings. The number of carbonyl (C=O) groups excluding carboxylic acids is 1. The van der Waals surface area contributed by atoms with Crippen LogP contribution in [0.2, 0.25) is 0 Å². The quantitative estimate of drug-likeness (QED) is 0.555. The van der Waals surface area contributed by atoms with Gasteiger partial charge >= 0.3 is 0 Å². The van der Waals surface area contributed by atoms with Crippen molar-refractivity contribution in [3.63, 3.8) is 0 Å². The molecule has 0 unspecified atom stereocenters. The third-order valence-corrected chi connectivity index (χ3v) is 4.59. The van der Waals surface area contributed by atoms with E-state index in [0.29, 0.717) is 0 Å². The molecule has 1 saturated carbocycles. The molecular weight excluding hydrogens is 248 g/mol. The van der Waals surface area contributed by atoms with Gasteiger partial charge in [0.1, 0.15) is 5.75 Å². The summed E-state index contributed by atoms with van der Waals surface area (Å²) in [6.45, 7) is 0. The first-order chi connectivity index (χ1) is 9.79. The number of aryl methyl sites for hydroxylation is 1. The zero-order valence-corrected chi connectivity index (χ0v) is 12.2. The van der Waals surface area contributed by atoms with Crippen LogP contribution in [0, 0.1) is 0 Å². The van der Waals surface area contributed by atoms with Gasteiger partial charge in [0.2, 0.25) is 0 Å². The van der Waals surface area contributed by atoms with E-state index in [2.05, 4.69) is 0 Å². The minimum atomic E-state index is 0.275. The average Bonchev–Trinajstić information content (AvgIpc) is 2.67. The van der Waals surface area contributed by atoms with Crippen molar-refractivity contribution >= 4 is 5.78 Å².